The van der Waals surface area contributed by atoms with Gasteiger partial charge in [0.2, 0.25) is 0 Å². The Morgan fingerprint density at radius 2 is 1.75 bits per heavy atom. The minimum absolute atomic E-state index is 0.227. The third-order valence-corrected chi connectivity index (χ3v) is 2.39. The van der Waals surface area contributed by atoms with Gasteiger partial charge in [0.1, 0.15) is 0 Å². The van der Waals surface area contributed by atoms with Crippen LogP contribution in [0.25, 0.3) is 0 Å². The minimum atomic E-state index is -4.31. The molecule has 1 aromatic heterocycles. The van der Waals surface area contributed by atoms with Crippen LogP contribution in [0.5, 0.6) is 0 Å². The highest BCUT2D eigenvalue weighted by molar-refractivity contribution is 5.31. The molecule has 1 heterocycles. The zero-order chi connectivity index (χ0) is 12.6. The number of halogens is 3. The van der Waals surface area contributed by atoms with Crippen molar-refractivity contribution in [2.75, 3.05) is 0 Å². The molecule has 0 amide bonds. The number of alkyl halides is 3. The van der Waals surface area contributed by atoms with Gasteiger partial charge in [0.25, 0.3) is 0 Å². The Morgan fingerprint density at radius 3 is 2.12 bits per heavy atom. The Labute approximate surface area is 93.7 Å². The molecule has 1 aromatic rings. The number of rotatable bonds is 1. The van der Waals surface area contributed by atoms with Gasteiger partial charge in [-0.3, -0.25) is 4.98 Å². The summed E-state index contributed by atoms with van der Waals surface area (Å²) < 4.78 is 37.5. The molecule has 0 atom stereocenters. The average Bonchev–Trinajstić information content (AvgIpc) is 2.14. The van der Waals surface area contributed by atoms with E-state index in [0.29, 0.717) is 12.0 Å². The van der Waals surface area contributed by atoms with Crippen LogP contribution < -0.4 is 0 Å². The first-order chi connectivity index (χ1) is 7.16. The van der Waals surface area contributed by atoms with E-state index >= 15 is 0 Å². The maximum Gasteiger partial charge on any atom is 0.417 e. The molecule has 0 aliphatic rings. The van der Waals surface area contributed by atoms with Gasteiger partial charge < -0.3 is 0 Å². The molecule has 1 rings (SSSR count). The molecule has 0 N–H and O–H groups in total. The summed E-state index contributed by atoms with van der Waals surface area (Å²) in [5, 5.41) is 0. The molecule has 0 spiro atoms. The number of aromatic nitrogens is 1. The van der Waals surface area contributed by atoms with Gasteiger partial charge in [0.15, 0.2) is 0 Å². The summed E-state index contributed by atoms with van der Waals surface area (Å²) in [5.74, 6) is 0. The van der Waals surface area contributed by atoms with Gasteiger partial charge in [-0.15, -0.1) is 0 Å². The van der Waals surface area contributed by atoms with Crippen molar-refractivity contribution >= 4 is 0 Å². The summed E-state index contributed by atoms with van der Waals surface area (Å²) in [6, 6.07) is 1.20. The van der Waals surface area contributed by atoms with Gasteiger partial charge in [-0.25, -0.2) is 0 Å². The SMILES string of the molecule is CCc1cc(C(F)(F)F)cnc1C(C)(C)C. The molecule has 0 saturated carbocycles. The lowest BCUT2D eigenvalue weighted by atomic mass is 9.87. The predicted octanol–water partition coefficient (Wildman–Crippen LogP) is 3.96. The monoisotopic (exact) mass is 231 g/mol. The number of hydrogen-bond donors (Lipinski definition) is 0. The molecular weight excluding hydrogens is 215 g/mol. The summed E-state index contributed by atoms with van der Waals surface area (Å²) in [5.41, 5.74) is 0.512. The van der Waals surface area contributed by atoms with Crippen LogP contribution in [0, 0.1) is 0 Å². The van der Waals surface area contributed by atoms with Crippen molar-refractivity contribution in [3.63, 3.8) is 0 Å². The lowest BCUT2D eigenvalue weighted by Gasteiger charge is -2.22. The molecule has 16 heavy (non-hydrogen) atoms. The first-order valence-corrected chi connectivity index (χ1v) is 5.23. The second kappa shape index (κ2) is 4.07. The van der Waals surface area contributed by atoms with E-state index in [1.807, 2.05) is 27.7 Å². The van der Waals surface area contributed by atoms with Crippen LogP contribution in [0.4, 0.5) is 13.2 Å². The predicted molar refractivity (Wildman–Crippen MR) is 57.3 cm³/mol. The van der Waals surface area contributed by atoms with Crippen molar-refractivity contribution in [3.8, 4) is 0 Å². The van der Waals surface area contributed by atoms with Crippen LogP contribution in [0.3, 0.4) is 0 Å². The van der Waals surface area contributed by atoms with Gasteiger partial charge in [0.05, 0.1) is 5.56 Å². The van der Waals surface area contributed by atoms with Crippen LogP contribution in [-0.2, 0) is 18.0 Å². The lowest BCUT2D eigenvalue weighted by Crippen LogP contribution is -2.18. The Hall–Kier alpha value is -1.06. The van der Waals surface area contributed by atoms with Gasteiger partial charge in [-0.05, 0) is 18.1 Å². The summed E-state index contributed by atoms with van der Waals surface area (Å²) in [7, 11) is 0. The molecule has 0 radical (unpaired) electrons. The molecule has 0 saturated heterocycles. The van der Waals surface area contributed by atoms with Crippen molar-refractivity contribution in [1.82, 2.24) is 4.98 Å². The van der Waals surface area contributed by atoms with Crippen LogP contribution in [0.1, 0.15) is 44.5 Å². The lowest BCUT2D eigenvalue weighted by molar-refractivity contribution is -0.137. The topological polar surface area (TPSA) is 12.9 Å². The Morgan fingerprint density at radius 1 is 1.19 bits per heavy atom. The van der Waals surface area contributed by atoms with Crippen molar-refractivity contribution in [3.05, 3.63) is 29.1 Å². The summed E-state index contributed by atoms with van der Waals surface area (Å²) in [4.78, 5) is 3.97. The van der Waals surface area contributed by atoms with E-state index in [1.54, 1.807) is 0 Å². The quantitative estimate of drug-likeness (QED) is 0.712. The zero-order valence-electron chi connectivity index (χ0n) is 9.94. The van der Waals surface area contributed by atoms with E-state index < -0.39 is 11.7 Å². The summed E-state index contributed by atoms with van der Waals surface area (Å²) in [6.45, 7) is 7.68. The van der Waals surface area contributed by atoms with E-state index in [0.717, 1.165) is 11.9 Å². The molecule has 0 aliphatic carbocycles. The molecule has 0 aromatic carbocycles. The van der Waals surface area contributed by atoms with Crippen LogP contribution in [-0.4, -0.2) is 4.98 Å². The molecule has 1 nitrogen and oxygen atoms in total. The maximum atomic E-state index is 12.5. The molecule has 0 bridgehead atoms. The molecule has 0 aliphatic heterocycles. The minimum Gasteiger partial charge on any atom is -0.260 e. The van der Waals surface area contributed by atoms with Gasteiger partial charge in [-0.2, -0.15) is 13.2 Å². The Kier molecular flexibility index (Phi) is 3.31. The zero-order valence-corrected chi connectivity index (χ0v) is 9.94. The van der Waals surface area contributed by atoms with E-state index in [4.69, 9.17) is 0 Å². The second-order valence-electron chi connectivity index (χ2n) is 4.83. The number of nitrogens with zero attached hydrogens (tertiary/aromatic N) is 1. The van der Waals surface area contributed by atoms with Crippen LogP contribution in [0.2, 0.25) is 0 Å². The smallest absolute Gasteiger partial charge is 0.260 e. The fraction of sp³-hybridized carbons (Fsp3) is 0.583. The van der Waals surface area contributed by atoms with E-state index in [2.05, 4.69) is 4.98 Å². The van der Waals surface area contributed by atoms with Gasteiger partial charge in [0, 0.05) is 17.3 Å². The summed E-state index contributed by atoms with van der Waals surface area (Å²) >= 11 is 0. The number of aryl methyl sites for hydroxylation is 1. The Balaban J connectivity index is 3.28. The molecule has 4 heteroatoms. The largest absolute Gasteiger partial charge is 0.417 e. The van der Waals surface area contributed by atoms with Crippen molar-refractivity contribution in [2.24, 2.45) is 0 Å². The number of pyridine rings is 1. The molecule has 0 unspecified atom stereocenters. The first kappa shape index (κ1) is 13.0. The van der Waals surface area contributed by atoms with E-state index in [-0.39, 0.29) is 5.41 Å². The molecule has 0 fully saturated rings. The fourth-order valence-corrected chi connectivity index (χ4v) is 1.61. The van der Waals surface area contributed by atoms with E-state index in [9.17, 15) is 13.2 Å². The average molecular weight is 231 g/mol. The van der Waals surface area contributed by atoms with Crippen LogP contribution in [0.15, 0.2) is 12.3 Å². The highest BCUT2D eigenvalue weighted by Crippen LogP contribution is 2.32. The van der Waals surface area contributed by atoms with Gasteiger partial charge >= 0.3 is 6.18 Å². The second-order valence-corrected chi connectivity index (χ2v) is 4.83. The van der Waals surface area contributed by atoms with Crippen molar-refractivity contribution < 1.29 is 13.2 Å². The summed E-state index contributed by atoms with van der Waals surface area (Å²) in [6.07, 6.45) is -2.84. The fourth-order valence-electron chi connectivity index (χ4n) is 1.61. The van der Waals surface area contributed by atoms with E-state index in [1.165, 1.54) is 6.07 Å². The van der Waals surface area contributed by atoms with Gasteiger partial charge in [-0.1, -0.05) is 27.7 Å². The van der Waals surface area contributed by atoms with Crippen molar-refractivity contribution in [2.45, 2.75) is 45.7 Å². The molecule has 90 valence electrons. The van der Waals surface area contributed by atoms with Crippen LogP contribution >= 0.6 is 0 Å². The molecular formula is C12H16F3N. The van der Waals surface area contributed by atoms with Crippen molar-refractivity contribution in [1.29, 1.82) is 0 Å². The normalized spacial score (nSPS) is 12.9. The first-order valence-electron chi connectivity index (χ1n) is 5.23. The standard InChI is InChI=1S/C12H16F3N/c1-5-8-6-9(12(13,14)15)7-16-10(8)11(2,3)4/h6-7H,5H2,1-4H3. The third kappa shape index (κ3) is 2.74. The third-order valence-electron chi connectivity index (χ3n) is 2.39. The highest BCUT2D eigenvalue weighted by atomic mass is 19.4. The number of hydrogen-bond acceptors (Lipinski definition) is 1. The highest BCUT2D eigenvalue weighted by Gasteiger charge is 2.32. The maximum absolute atomic E-state index is 12.5. The Bertz CT molecular complexity index is 375.